The molecule has 2 rings (SSSR count). The van der Waals surface area contributed by atoms with Crippen molar-refractivity contribution in [3.05, 3.63) is 33.8 Å². The van der Waals surface area contributed by atoms with Gasteiger partial charge in [-0.3, -0.25) is 0 Å². The van der Waals surface area contributed by atoms with Crippen LogP contribution in [0, 0.1) is 0 Å². The Kier molecular flexibility index (Phi) is 4.91. The molecule has 1 saturated heterocycles. The fourth-order valence-corrected chi connectivity index (χ4v) is 2.90. The lowest BCUT2D eigenvalue weighted by atomic mass is 10.0. The molecule has 3 atom stereocenters. The summed E-state index contributed by atoms with van der Waals surface area (Å²) in [5.41, 5.74) is 1.04. The lowest BCUT2D eigenvalue weighted by Crippen LogP contribution is -2.38. The molecule has 2 nitrogen and oxygen atoms in total. The highest BCUT2D eigenvalue weighted by atomic mass is 35.5. The summed E-state index contributed by atoms with van der Waals surface area (Å²) in [5, 5.41) is 5.00. The van der Waals surface area contributed by atoms with Crippen LogP contribution >= 0.6 is 23.2 Å². The zero-order valence-corrected chi connectivity index (χ0v) is 12.3. The molecule has 0 radical (unpaired) electrons. The van der Waals surface area contributed by atoms with Crippen LogP contribution in [0.1, 0.15) is 38.3 Å². The standard InChI is InChI=1S/C14H19Cl2NO/c1-9(12-8-11(15)5-6-13(12)16)17-10(2)14-4-3-7-18-14/h5-6,8-10,14,17H,3-4,7H2,1-2H3. The van der Waals surface area contributed by atoms with Crippen LogP contribution in [0.5, 0.6) is 0 Å². The van der Waals surface area contributed by atoms with E-state index >= 15 is 0 Å². The number of benzene rings is 1. The molecule has 4 heteroatoms. The van der Waals surface area contributed by atoms with Crippen LogP contribution in [-0.2, 0) is 4.74 Å². The average molecular weight is 288 g/mol. The van der Waals surface area contributed by atoms with E-state index in [1.807, 2.05) is 18.2 Å². The molecule has 18 heavy (non-hydrogen) atoms. The van der Waals surface area contributed by atoms with Crippen molar-refractivity contribution in [1.82, 2.24) is 5.32 Å². The number of halogens is 2. The Hall–Kier alpha value is -0.280. The van der Waals surface area contributed by atoms with Gasteiger partial charge in [0.2, 0.25) is 0 Å². The molecule has 1 N–H and O–H groups in total. The van der Waals surface area contributed by atoms with E-state index in [0.717, 1.165) is 30.0 Å². The predicted molar refractivity (Wildman–Crippen MR) is 76.4 cm³/mol. The first-order chi connectivity index (χ1) is 8.58. The highest BCUT2D eigenvalue weighted by molar-refractivity contribution is 6.33. The summed E-state index contributed by atoms with van der Waals surface area (Å²) in [6.07, 6.45) is 2.60. The zero-order chi connectivity index (χ0) is 13.1. The van der Waals surface area contributed by atoms with Gasteiger partial charge < -0.3 is 10.1 Å². The van der Waals surface area contributed by atoms with Gasteiger partial charge in [-0.2, -0.15) is 0 Å². The first kappa shape index (κ1) is 14.1. The minimum Gasteiger partial charge on any atom is -0.377 e. The Balaban J connectivity index is 2.02. The number of rotatable bonds is 4. The molecular weight excluding hydrogens is 269 g/mol. The zero-order valence-electron chi connectivity index (χ0n) is 10.7. The number of hydrogen-bond acceptors (Lipinski definition) is 2. The van der Waals surface area contributed by atoms with E-state index in [9.17, 15) is 0 Å². The van der Waals surface area contributed by atoms with Gasteiger partial charge in [0.15, 0.2) is 0 Å². The summed E-state index contributed by atoms with van der Waals surface area (Å²) in [5.74, 6) is 0. The Morgan fingerprint density at radius 1 is 1.33 bits per heavy atom. The van der Waals surface area contributed by atoms with Crippen LogP contribution in [0.15, 0.2) is 18.2 Å². The molecule has 1 aromatic rings. The average Bonchev–Trinajstić information content (AvgIpc) is 2.85. The summed E-state index contributed by atoms with van der Waals surface area (Å²) >= 11 is 12.2. The largest absolute Gasteiger partial charge is 0.377 e. The first-order valence-corrected chi connectivity index (χ1v) is 7.16. The molecular formula is C14H19Cl2NO. The van der Waals surface area contributed by atoms with E-state index in [2.05, 4.69) is 19.2 Å². The molecule has 1 fully saturated rings. The molecule has 1 aliphatic rings. The summed E-state index contributed by atoms with van der Waals surface area (Å²) in [6.45, 7) is 5.14. The van der Waals surface area contributed by atoms with Gasteiger partial charge in [0, 0.05) is 28.7 Å². The summed E-state index contributed by atoms with van der Waals surface area (Å²) < 4.78 is 5.68. The highest BCUT2D eigenvalue weighted by Crippen LogP contribution is 2.27. The van der Waals surface area contributed by atoms with Crippen LogP contribution < -0.4 is 5.32 Å². The smallest absolute Gasteiger partial charge is 0.0726 e. The van der Waals surface area contributed by atoms with Gasteiger partial charge in [-0.05, 0) is 50.5 Å². The van der Waals surface area contributed by atoms with Crippen LogP contribution in [0.4, 0.5) is 0 Å². The molecule has 1 heterocycles. The Labute approximate surface area is 119 Å². The molecule has 1 aliphatic heterocycles. The molecule has 0 aliphatic carbocycles. The lowest BCUT2D eigenvalue weighted by Gasteiger charge is -2.25. The quantitative estimate of drug-likeness (QED) is 0.896. The lowest BCUT2D eigenvalue weighted by molar-refractivity contribution is 0.0804. The molecule has 0 saturated carbocycles. The summed E-state index contributed by atoms with van der Waals surface area (Å²) in [4.78, 5) is 0. The first-order valence-electron chi connectivity index (χ1n) is 6.40. The SMILES string of the molecule is CC(NC(C)C1CCCO1)c1cc(Cl)ccc1Cl. The van der Waals surface area contributed by atoms with E-state index in [-0.39, 0.29) is 6.04 Å². The third-order valence-electron chi connectivity index (χ3n) is 3.46. The second-order valence-electron chi connectivity index (χ2n) is 4.89. The van der Waals surface area contributed by atoms with Crippen molar-refractivity contribution in [2.45, 2.75) is 44.9 Å². The van der Waals surface area contributed by atoms with Gasteiger partial charge >= 0.3 is 0 Å². The Bertz CT molecular complexity index is 405. The van der Waals surface area contributed by atoms with Crippen molar-refractivity contribution in [2.75, 3.05) is 6.61 Å². The predicted octanol–water partition coefficient (Wildman–Crippen LogP) is 4.21. The monoisotopic (exact) mass is 287 g/mol. The number of hydrogen-bond donors (Lipinski definition) is 1. The van der Waals surface area contributed by atoms with Crippen LogP contribution in [0.25, 0.3) is 0 Å². The molecule has 0 amide bonds. The normalized spacial score (nSPS) is 23.0. The van der Waals surface area contributed by atoms with Crippen molar-refractivity contribution < 1.29 is 4.74 Å². The van der Waals surface area contributed by atoms with Crippen molar-refractivity contribution >= 4 is 23.2 Å². The molecule has 0 aromatic heterocycles. The van der Waals surface area contributed by atoms with E-state index in [1.54, 1.807) is 0 Å². The van der Waals surface area contributed by atoms with Crippen molar-refractivity contribution in [1.29, 1.82) is 0 Å². The second-order valence-corrected chi connectivity index (χ2v) is 5.74. The maximum absolute atomic E-state index is 6.20. The maximum atomic E-state index is 6.20. The molecule has 0 spiro atoms. The van der Waals surface area contributed by atoms with Crippen molar-refractivity contribution in [3.8, 4) is 0 Å². The molecule has 1 aromatic carbocycles. The van der Waals surface area contributed by atoms with Gasteiger partial charge in [0.1, 0.15) is 0 Å². The fraction of sp³-hybridized carbons (Fsp3) is 0.571. The van der Waals surface area contributed by atoms with Crippen LogP contribution in [0.3, 0.4) is 0 Å². The Morgan fingerprint density at radius 2 is 2.11 bits per heavy atom. The third kappa shape index (κ3) is 3.39. The maximum Gasteiger partial charge on any atom is 0.0726 e. The summed E-state index contributed by atoms with van der Waals surface area (Å²) in [6, 6.07) is 6.05. The minimum absolute atomic E-state index is 0.162. The molecule has 0 bridgehead atoms. The highest BCUT2D eigenvalue weighted by Gasteiger charge is 2.24. The van der Waals surface area contributed by atoms with Crippen LogP contribution in [-0.4, -0.2) is 18.8 Å². The van der Waals surface area contributed by atoms with E-state index in [0.29, 0.717) is 17.2 Å². The summed E-state index contributed by atoms with van der Waals surface area (Å²) in [7, 11) is 0. The minimum atomic E-state index is 0.162. The van der Waals surface area contributed by atoms with E-state index < -0.39 is 0 Å². The third-order valence-corrected chi connectivity index (χ3v) is 4.04. The molecule has 3 unspecified atom stereocenters. The van der Waals surface area contributed by atoms with Gasteiger partial charge in [-0.25, -0.2) is 0 Å². The Morgan fingerprint density at radius 3 is 2.78 bits per heavy atom. The van der Waals surface area contributed by atoms with Gasteiger partial charge in [-0.1, -0.05) is 23.2 Å². The van der Waals surface area contributed by atoms with E-state index in [4.69, 9.17) is 27.9 Å². The van der Waals surface area contributed by atoms with Gasteiger partial charge in [0.25, 0.3) is 0 Å². The second kappa shape index (κ2) is 6.25. The molecule has 100 valence electrons. The number of nitrogens with one attached hydrogen (secondary N) is 1. The fourth-order valence-electron chi connectivity index (χ4n) is 2.43. The van der Waals surface area contributed by atoms with Gasteiger partial charge in [-0.15, -0.1) is 0 Å². The van der Waals surface area contributed by atoms with Crippen molar-refractivity contribution in [3.63, 3.8) is 0 Å². The van der Waals surface area contributed by atoms with Crippen molar-refractivity contribution in [2.24, 2.45) is 0 Å². The topological polar surface area (TPSA) is 21.3 Å². The number of ether oxygens (including phenoxy) is 1. The van der Waals surface area contributed by atoms with Gasteiger partial charge in [0.05, 0.1) is 6.10 Å². The van der Waals surface area contributed by atoms with E-state index in [1.165, 1.54) is 0 Å². The van der Waals surface area contributed by atoms with Crippen LogP contribution in [0.2, 0.25) is 10.0 Å².